The minimum absolute atomic E-state index is 0.255. The van der Waals surface area contributed by atoms with Gasteiger partial charge < -0.3 is 10.1 Å². The number of ether oxygens (including phenoxy) is 1. The topological polar surface area (TPSA) is 56.1 Å². The lowest BCUT2D eigenvalue weighted by molar-refractivity contribution is 0.102. The van der Waals surface area contributed by atoms with Crippen molar-refractivity contribution < 1.29 is 9.53 Å². The third-order valence-corrected chi connectivity index (χ3v) is 3.84. The van der Waals surface area contributed by atoms with Gasteiger partial charge in [-0.15, -0.1) is 0 Å². The maximum absolute atomic E-state index is 12.4. The molecule has 2 aromatic carbocycles. The molecule has 1 heterocycles. The third kappa shape index (κ3) is 3.58. The van der Waals surface area contributed by atoms with Crippen LogP contribution in [0.15, 0.2) is 60.8 Å². The fourth-order valence-electron chi connectivity index (χ4n) is 2.32. The molecule has 0 atom stereocenters. The van der Waals surface area contributed by atoms with Crippen molar-refractivity contribution in [1.82, 2.24) is 9.78 Å². The number of carbonyl (C=O) groups is 1. The van der Waals surface area contributed by atoms with Crippen molar-refractivity contribution >= 4 is 23.3 Å². The molecule has 0 saturated carbocycles. The number of carbonyl (C=O) groups excluding carboxylic acids is 1. The minimum Gasteiger partial charge on any atom is -0.495 e. The Morgan fingerprint density at radius 3 is 2.71 bits per heavy atom. The molecule has 1 N–H and O–H groups in total. The number of nitrogens with one attached hydrogen (secondary N) is 1. The number of nitrogens with zero attached hydrogens (tertiary/aromatic N) is 2. The molecule has 0 spiro atoms. The van der Waals surface area contributed by atoms with Gasteiger partial charge >= 0.3 is 0 Å². The van der Waals surface area contributed by atoms with E-state index in [1.807, 2.05) is 30.3 Å². The van der Waals surface area contributed by atoms with Crippen molar-refractivity contribution in [2.75, 3.05) is 12.4 Å². The Kier molecular flexibility index (Phi) is 4.82. The lowest BCUT2D eigenvalue weighted by atomic mass is 10.2. The lowest BCUT2D eigenvalue weighted by Crippen LogP contribution is -2.16. The van der Waals surface area contributed by atoms with Crippen molar-refractivity contribution in [1.29, 1.82) is 0 Å². The predicted molar refractivity (Wildman–Crippen MR) is 93.7 cm³/mol. The molecule has 3 rings (SSSR count). The first-order chi connectivity index (χ1) is 11.7. The number of rotatable bonds is 5. The summed E-state index contributed by atoms with van der Waals surface area (Å²) >= 11 is 6.07. The SMILES string of the molecule is COc1ccc(C(=O)Nc2ccnn2Cc2ccccc2)cc1Cl. The highest BCUT2D eigenvalue weighted by Gasteiger charge is 2.12. The van der Waals surface area contributed by atoms with E-state index in [9.17, 15) is 4.79 Å². The van der Waals surface area contributed by atoms with E-state index in [-0.39, 0.29) is 5.91 Å². The molecule has 0 aliphatic carbocycles. The highest BCUT2D eigenvalue weighted by molar-refractivity contribution is 6.32. The zero-order valence-corrected chi connectivity index (χ0v) is 13.8. The summed E-state index contributed by atoms with van der Waals surface area (Å²) in [6.45, 7) is 0.576. The van der Waals surface area contributed by atoms with Gasteiger partial charge in [0.1, 0.15) is 11.6 Å². The van der Waals surface area contributed by atoms with E-state index >= 15 is 0 Å². The highest BCUT2D eigenvalue weighted by atomic mass is 35.5. The van der Waals surface area contributed by atoms with Gasteiger partial charge in [0.05, 0.1) is 24.9 Å². The molecule has 0 unspecified atom stereocenters. The number of anilines is 1. The molecule has 0 fully saturated rings. The van der Waals surface area contributed by atoms with Crippen LogP contribution in [0.1, 0.15) is 15.9 Å². The van der Waals surface area contributed by atoms with Crippen LogP contribution in [-0.2, 0) is 6.54 Å². The highest BCUT2D eigenvalue weighted by Crippen LogP contribution is 2.25. The monoisotopic (exact) mass is 341 g/mol. The van der Waals surface area contributed by atoms with Crippen molar-refractivity contribution in [3.8, 4) is 5.75 Å². The molecule has 3 aromatic rings. The summed E-state index contributed by atoms with van der Waals surface area (Å²) < 4.78 is 6.83. The molecular weight excluding hydrogens is 326 g/mol. The van der Waals surface area contributed by atoms with E-state index < -0.39 is 0 Å². The molecule has 0 bridgehead atoms. The summed E-state index contributed by atoms with van der Waals surface area (Å²) in [7, 11) is 1.53. The van der Waals surface area contributed by atoms with Gasteiger partial charge in [0, 0.05) is 11.6 Å². The van der Waals surface area contributed by atoms with E-state index in [1.54, 1.807) is 35.1 Å². The fourth-order valence-corrected chi connectivity index (χ4v) is 2.57. The Hall–Kier alpha value is -2.79. The second-order valence-corrected chi connectivity index (χ2v) is 5.57. The number of hydrogen-bond acceptors (Lipinski definition) is 3. The van der Waals surface area contributed by atoms with Gasteiger partial charge in [0.15, 0.2) is 0 Å². The van der Waals surface area contributed by atoms with E-state index in [1.165, 1.54) is 7.11 Å². The second-order valence-electron chi connectivity index (χ2n) is 5.16. The second kappa shape index (κ2) is 7.19. The number of amides is 1. The standard InChI is InChI=1S/C18H16ClN3O2/c1-24-16-8-7-14(11-15(16)19)18(23)21-17-9-10-20-22(17)12-13-5-3-2-4-6-13/h2-11H,12H2,1H3,(H,21,23). The Morgan fingerprint density at radius 2 is 2.00 bits per heavy atom. The molecule has 0 aliphatic heterocycles. The van der Waals surface area contributed by atoms with Gasteiger partial charge in [-0.2, -0.15) is 5.10 Å². The van der Waals surface area contributed by atoms with Crippen molar-refractivity contribution in [2.24, 2.45) is 0 Å². The van der Waals surface area contributed by atoms with Gasteiger partial charge in [0.2, 0.25) is 0 Å². The van der Waals surface area contributed by atoms with Gasteiger partial charge in [-0.1, -0.05) is 41.9 Å². The van der Waals surface area contributed by atoms with Gasteiger partial charge in [0.25, 0.3) is 5.91 Å². The summed E-state index contributed by atoms with van der Waals surface area (Å²) in [5, 5.41) is 7.50. The first kappa shape index (κ1) is 16.1. The Labute approximate surface area is 144 Å². The summed E-state index contributed by atoms with van der Waals surface area (Å²) in [6.07, 6.45) is 1.65. The largest absolute Gasteiger partial charge is 0.495 e. The van der Waals surface area contributed by atoms with Crippen LogP contribution in [0.4, 0.5) is 5.82 Å². The normalized spacial score (nSPS) is 10.4. The molecule has 24 heavy (non-hydrogen) atoms. The van der Waals surface area contributed by atoms with Crippen LogP contribution in [0.5, 0.6) is 5.75 Å². The van der Waals surface area contributed by atoms with Crippen LogP contribution in [-0.4, -0.2) is 22.8 Å². The zero-order chi connectivity index (χ0) is 16.9. The van der Waals surface area contributed by atoms with E-state index in [0.29, 0.717) is 28.7 Å². The van der Waals surface area contributed by atoms with Crippen LogP contribution >= 0.6 is 11.6 Å². The van der Waals surface area contributed by atoms with Crippen LogP contribution in [0.3, 0.4) is 0 Å². The van der Waals surface area contributed by atoms with Gasteiger partial charge in [-0.3, -0.25) is 4.79 Å². The van der Waals surface area contributed by atoms with Crippen LogP contribution in [0, 0.1) is 0 Å². The maximum Gasteiger partial charge on any atom is 0.256 e. The molecule has 0 aliphatic rings. The summed E-state index contributed by atoms with van der Waals surface area (Å²) in [6, 6.07) is 16.6. The number of halogens is 1. The fraction of sp³-hybridized carbons (Fsp3) is 0.111. The van der Waals surface area contributed by atoms with E-state index in [4.69, 9.17) is 16.3 Å². The molecule has 1 aromatic heterocycles. The first-order valence-corrected chi connectivity index (χ1v) is 7.76. The summed E-state index contributed by atoms with van der Waals surface area (Å²) in [4.78, 5) is 12.4. The summed E-state index contributed by atoms with van der Waals surface area (Å²) in [5.41, 5.74) is 1.55. The number of hydrogen-bond donors (Lipinski definition) is 1. The minimum atomic E-state index is -0.255. The van der Waals surface area contributed by atoms with Gasteiger partial charge in [-0.05, 0) is 23.8 Å². The Morgan fingerprint density at radius 1 is 1.21 bits per heavy atom. The predicted octanol–water partition coefficient (Wildman–Crippen LogP) is 3.85. The van der Waals surface area contributed by atoms with Crippen molar-refractivity contribution in [3.05, 3.63) is 76.9 Å². The molecule has 1 amide bonds. The van der Waals surface area contributed by atoms with Crippen molar-refractivity contribution in [3.63, 3.8) is 0 Å². The number of aromatic nitrogens is 2. The van der Waals surface area contributed by atoms with E-state index in [0.717, 1.165) is 5.56 Å². The lowest BCUT2D eigenvalue weighted by Gasteiger charge is -2.10. The van der Waals surface area contributed by atoms with Crippen molar-refractivity contribution in [2.45, 2.75) is 6.54 Å². The maximum atomic E-state index is 12.4. The molecule has 0 saturated heterocycles. The molecule has 0 radical (unpaired) electrons. The Balaban J connectivity index is 1.76. The van der Waals surface area contributed by atoms with Crippen LogP contribution in [0.2, 0.25) is 5.02 Å². The average Bonchev–Trinajstić information content (AvgIpc) is 3.02. The smallest absolute Gasteiger partial charge is 0.256 e. The molecule has 5 nitrogen and oxygen atoms in total. The third-order valence-electron chi connectivity index (χ3n) is 3.55. The van der Waals surface area contributed by atoms with Crippen LogP contribution in [0.25, 0.3) is 0 Å². The molecule has 6 heteroatoms. The quantitative estimate of drug-likeness (QED) is 0.767. The van der Waals surface area contributed by atoms with E-state index in [2.05, 4.69) is 10.4 Å². The molecular formula is C18H16ClN3O2. The number of benzene rings is 2. The number of methoxy groups -OCH3 is 1. The molecule has 122 valence electrons. The average molecular weight is 342 g/mol. The van der Waals surface area contributed by atoms with Crippen LogP contribution < -0.4 is 10.1 Å². The summed E-state index contributed by atoms with van der Waals surface area (Å²) in [5.74, 6) is 0.896. The first-order valence-electron chi connectivity index (χ1n) is 7.38. The Bertz CT molecular complexity index is 846. The zero-order valence-electron chi connectivity index (χ0n) is 13.1. The van der Waals surface area contributed by atoms with Gasteiger partial charge in [-0.25, -0.2) is 4.68 Å².